The van der Waals surface area contributed by atoms with Crippen LogP contribution >= 0.6 is 11.6 Å². The number of hydrogen-bond acceptors (Lipinski definition) is 4. The van der Waals surface area contributed by atoms with Crippen LogP contribution in [0.25, 0.3) is 0 Å². The van der Waals surface area contributed by atoms with Crippen molar-refractivity contribution >= 4 is 40.8 Å². The zero-order valence-electron chi connectivity index (χ0n) is 10.6. The number of carboxylic acid groups (broad SMARTS) is 1. The number of rotatable bonds is 5. The first-order chi connectivity index (χ1) is 9.29. The normalized spacial score (nSPS) is 11.6. The first-order valence-corrected chi connectivity index (χ1v) is 6.02. The lowest BCUT2D eigenvalue weighted by Gasteiger charge is -2.12. The lowest BCUT2D eigenvalue weighted by Crippen LogP contribution is -2.37. The molecule has 0 unspecified atom stereocenters. The highest BCUT2D eigenvalue weighted by atomic mass is 35.5. The van der Waals surface area contributed by atoms with Gasteiger partial charge < -0.3 is 21.5 Å². The number of anilines is 2. The number of hydrogen-bond donors (Lipinski definition) is 4. The first kappa shape index (κ1) is 15.9. The topological polar surface area (TPSA) is 122 Å². The van der Waals surface area contributed by atoms with E-state index in [1.165, 1.54) is 19.1 Å². The molecule has 1 atom stereocenters. The van der Waals surface area contributed by atoms with Crippen LogP contribution in [0.4, 0.5) is 11.4 Å². The Labute approximate surface area is 120 Å². The van der Waals surface area contributed by atoms with Crippen molar-refractivity contribution in [3.63, 3.8) is 0 Å². The summed E-state index contributed by atoms with van der Waals surface area (Å²) in [6.45, 7) is 1.36. The molecule has 20 heavy (non-hydrogen) atoms. The van der Waals surface area contributed by atoms with Crippen LogP contribution in [0.3, 0.4) is 0 Å². The van der Waals surface area contributed by atoms with Gasteiger partial charge in [0.2, 0.25) is 11.8 Å². The second-order valence-corrected chi connectivity index (χ2v) is 4.48. The number of halogens is 1. The van der Waals surface area contributed by atoms with Crippen molar-refractivity contribution in [2.45, 2.75) is 19.4 Å². The number of benzene rings is 1. The molecule has 0 heterocycles. The van der Waals surface area contributed by atoms with Crippen molar-refractivity contribution in [1.29, 1.82) is 0 Å². The molecule has 0 radical (unpaired) electrons. The van der Waals surface area contributed by atoms with E-state index >= 15 is 0 Å². The summed E-state index contributed by atoms with van der Waals surface area (Å²) in [5.74, 6) is -2.07. The SMILES string of the molecule is CC(=O)Nc1ccc(NC(=O)[C@@H](N)CC(=O)O)c(Cl)c1. The van der Waals surface area contributed by atoms with Crippen LogP contribution in [0.1, 0.15) is 13.3 Å². The lowest BCUT2D eigenvalue weighted by atomic mass is 10.2. The Bertz CT molecular complexity index is 548. The van der Waals surface area contributed by atoms with Gasteiger partial charge in [0, 0.05) is 12.6 Å². The van der Waals surface area contributed by atoms with Crippen LogP contribution in [-0.4, -0.2) is 28.9 Å². The van der Waals surface area contributed by atoms with Gasteiger partial charge >= 0.3 is 5.97 Å². The minimum absolute atomic E-state index is 0.201. The molecule has 0 aliphatic rings. The number of nitrogens with one attached hydrogen (secondary N) is 2. The fourth-order valence-corrected chi connectivity index (χ4v) is 1.63. The average Bonchev–Trinajstić information content (AvgIpc) is 2.30. The summed E-state index contributed by atoms with van der Waals surface area (Å²) in [7, 11) is 0. The summed E-state index contributed by atoms with van der Waals surface area (Å²) < 4.78 is 0. The molecule has 2 amide bonds. The van der Waals surface area contributed by atoms with E-state index in [2.05, 4.69) is 10.6 Å². The Hall–Kier alpha value is -2.12. The smallest absolute Gasteiger partial charge is 0.305 e. The number of carboxylic acids is 1. The second-order valence-electron chi connectivity index (χ2n) is 4.07. The van der Waals surface area contributed by atoms with Gasteiger partial charge in [0.1, 0.15) is 0 Å². The van der Waals surface area contributed by atoms with Crippen molar-refractivity contribution < 1.29 is 19.5 Å². The second kappa shape index (κ2) is 6.88. The van der Waals surface area contributed by atoms with Gasteiger partial charge in [-0.05, 0) is 18.2 Å². The summed E-state index contributed by atoms with van der Waals surface area (Å²) in [6.07, 6.45) is -0.479. The highest BCUT2D eigenvalue weighted by Gasteiger charge is 2.18. The number of amides is 2. The maximum Gasteiger partial charge on any atom is 0.305 e. The maximum absolute atomic E-state index is 11.6. The molecule has 0 aromatic heterocycles. The van der Waals surface area contributed by atoms with Gasteiger partial charge in [-0.25, -0.2) is 0 Å². The van der Waals surface area contributed by atoms with Gasteiger partial charge in [0.05, 0.1) is 23.2 Å². The molecule has 0 aliphatic carbocycles. The molecule has 0 fully saturated rings. The van der Waals surface area contributed by atoms with Crippen molar-refractivity contribution in [2.24, 2.45) is 5.73 Å². The highest BCUT2D eigenvalue weighted by molar-refractivity contribution is 6.34. The molecular weight excluding hydrogens is 286 g/mol. The molecule has 1 aromatic carbocycles. The fraction of sp³-hybridized carbons (Fsp3) is 0.250. The third-order valence-corrected chi connectivity index (χ3v) is 2.59. The molecule has 7 nitrogen and oxygen atoms in total. The van der Waals surface area contributed by atoms with Gasteiger partial charge in [-0.3, -0.25) is 14.4 Å². The summed E-state index contributed by atoms with van der Waals surface area (Å²) in [4.78, 5) is 33.0. The summed E-state index contributed by atoms with van der Waals surface area (Å²) in [5.41, 5.74) is 6.18. The number of carbonyl (C=O) groups excluding carboxylic acids is 2. The minimum atomic E-state index is -1.17. The predicted octanol–water partition coefficient (Wildman–Crippen LogP) is 1.04. The molecule has 108 valence electrons. The van der Waals surface area contributed by atoms with Crippen LogP contribution in [0.15, 0.2) is 18.2 Å². The van der Waals surface area contributed by atoms with E-state index in [1.807, 2.05) is 0 Å². The van der Waals surface area contributed by atoms with Crippen LogP contribution < -0.4 is 16.4 Å². The molecule has 1 rings (SSSR count). The van der Waals surface area contributed by atoms with Gasteiger partial charge in [-0.2, -0.15) is 0 Å². The monoisotopic (exact) mass is 299 g/mol. The molecule has 0 bridgehead atoms. The quantitative estimate of drug-likeness (QED) is 0.647. The van der Waals surface area contributed by atoms with Crippen molar-refractivity contribution in [3.8, 4) is 0 Å². The van der Waals surface area contributed by atoms with Crippen LogP contribution in [-0.2, 0) is 14.4 Å². The van der Waals surface area contributed by atoms with E-state index in [-0.39, 0.29) is 16.6 Å². The molecule has 1 aromatic rings. The average molecular weight is 300 g/mol. The van der Waals surface area contributed by atoms with E-state index in [1.54, 1.807) is 6.07 Å². The standard InChI is InChI=1S/C12H14ClN3O4/c1-6(17)15-7-2-3-10(8(13)4-7)16-12(20)9(14)5-11(18)19/h2-4,9H,5,14H2,1H3,(H,15,17)(H,16,20)(H,18,19)/t9-/m0/s1. The molecule has 8 heteroatoms. The molecular formula is C12H14ClN3O4. The Morgan fingerprint density at radius 1 is 1.35 bits per heavy atom. The number of nitrogens with two attached hydrogens (primary N) is 1. The molecule has 0 saturated carbocycles. The molecule has 5 N–H and O–H groups in total. The van der Waals surface area contributed by atoms with Crippen molar-refractivity contribution in [3.05, 3.63) is 23.2 Å². The van der Waals surface area contributed by atoms with Gasteiger partial charge in [-0.1, -0.05) is 11.6 Å². The first-order valence-electron chi connectivity index (χ1n) is 5.65. The zero-order chi connectivity index (χ0) is 15.3. The van der Waals surface area contributed by atoms with Gasteiger partial charge in [-0.15, -0.1) is 0 Å². The van der Waals surface area contributed by atoms with E-state index < -0.39 is 24.3 Å². The van der Waals surface area contributed by atoms with E-state index in [0.29, 0.717) is 5.69 Å². The Balaban J connectivity index is 2.75. The zero-order valence-corrected chi connectivity index (χ0v) is 11.4. The van der Waals surface area contributed by atoms with Crippen molar-refractivity contribution in [1.82, 2.24) is 0 Å². The van der Waals surface area contributed by atoms with E-state index in [9.17, 15) is 14.4 Å². The van der Waals surface area contributed by atoms with Crippen LogP contribution in [0.2, 0.25) is 5.02 Å². The molecule has 0 spiro atoms. The van der Waals surface area contributed by atoms with Gasteiger partial charge in [0.15, 0.2) is 0 Å². The molecule has 0 saturated heterocycles. The Morgan fingerprint density at radius 2 is 2.00 bits per heavy atom. The summed E-state index contributed by atoms with van der Waals surface area (Å²) in [6, 6.07) is 3.32. The summed E-state index contributed by atoms with van der Waals surface area (Å²) >= 11 is 5.94. The van der Waals surface area contributed by atoms with Crippen LogP contribution in [0.5, 0.6) is 0 Å². The number of carbonyl (C=O) groups is 3. The van der Waals surface area contributed by atoms with E-state index in [0.717, 1.165) is 0 Å². The van der Waals surface area contributed by atoms with Crippen molar-refractivity contribution in [2.75, 3.05) is 10.6 Å². The Morgan fingerprint density at radius 3 is 2.50 bits per heavy atom. The van der Waals surface area contributed by atoms with Crippen LogP contribution in [0, 0.1) is 0 Å². The van der Waals surface area contributed by atoms with E-state index in [4.69, 9.17) is 22.4 Å². The maximum atomic E-state index is 11.6. The summed E-state index contributed by atoms with van der Waals surface area (Å²) in [5, 5.41) is 13.7. The lowest BCUT2D eigenvalue weighted by molar-refractivity contribution is -0.138. The predicted molar refractivity (Wildman–Crippen MR) is 74.6 cm³/mol. The fourth-order valence-electron chi connectivity index (χ4n) is 1.40. The minimum Gasteiger partial charge on any atom is -0.481 e. The Kier molecular flexibility index (Phi) is 5.48. The molecule has 0 aliphatic heterocycles. The number of aliphatic carboxylic acids is 1. The van der Waals surface area contributed by atoms with Gasteiger partial charge in [0.25, 0.3) is 0 Å². The third-order valence-electron chi connectivity index (χ3n) is 2.28. The third kappa shape index (κ3) is 4.87. The largest absolute Gasteiger partial charge is 0.481 e. The highest BCUT2D eigenvalue weighted by Crippen LogP contribution is 2.25.